The number of fused-ring (bicyclic) bond motifs is 1. The number of carbonyl (C=O) groups is 3. The highest BCUT2D eigenvalue weighted by molar-refractivity contribution is 8.18. The van der Waals surface area contributed by atoms with Crippen LogP contribution in [0.25, 0.3) is 16.8 Å². The van der Waals surface area contributed by atoms with Crippen LogP contribution in [0.3, 0.4) is 0 Å². The largest absolute Gasteiger partial charge is 0.493 e. The number of benzene rings is 4. The first-order valence-corrected chi connectivity index (χ1v) is 13.5. The molecule has 0 saturated carbocycles. The molecule has 1 heterocycles. The number of methoxy groups -OCH3 is 1. The number of nitrogens with zero attached hydrogens (tertiary/aromatic N) is 1. The standard InChI is InChI=1S/C32H27NO6S/c1-20-11-12-21(2)27(17-20)38-16-15-33-30(34)29(40-32(33)36)19-22-13-14-26(28(18-22)37-3)39-31(35)25-10-6-8-23-7-4-5-9-24(23)25/h4-14,17-19H,15-16H2,1-3H3/b29-19-. The molecule has 5 rings (SSSR count). The summed E-state index contributed by atoms with van der Waals surface area (Å²) in [6.45, 7) is 4.26. The summed E-state index contributed by atoms with van der Waals surface area (Å²) in [5, 5.41) is 1.37. The van der Waals surface area contributed by atoms with Crippen LogP contribution in [-0.4, -0.2) is 42.3 Å². The summed E-state index contributed by atoms with van der Waals surface area (Å²) in [4.78, 5) is 40.0. The fourth-order valence-corrected chi connectivity index (χ4v) is 5.24. The van der Waals surface area contributed by atoms with Gasteiger partial charge in [0.15, 0.2) is 11.5 Å². The second kappa shape index (κ2) is 11.7. The first-order valence-electron chi connectivity index (χ1n) is 12.7. The van der Waals surface area contributed by atoms with Crippen LogP contribution in [0.15, 0.2) is 83.8 Å². The van der Waals surface area contributed by atoms with Crippen molar-refractivity contribution in [3.63, 3.8) is 0 Å². The maximum absolute atomic E-state index is 13.0. The molecule has 4 aromatic carbocycles. The summed E-state index contributed by atoms with van der Waals surface area (Å²) < 4.78 is 17.0. The minimum atomic E-state index is -0.507. The molecule has 1 saturated heterocycles. The number of thioether (sulfide) groups is 1. The van der Waals surface area contributed by atoms with E-state index in [-0.39, 0.29) is 30.0 Å². The first kappa shape index (κ1) is 27.0. The van der Waals surface area contributed by atoms with Crippen LogP contribution < -0.4 is 14.2 Å². The van der Waals surface area contributed by atoms with Gasteiger partial charge in [-0.05, 0) is 83.4 Å². The molecule has 0 aromatic heterocycles. The molecule has 0 bridgehead atoms. The Morgan fingerprint density at radius 1 is 0.900 bits per heavy atom. The normalized spacial score (nSPS) is 14.2. The summed E-state index contributed by atoms with van der Waals surface area (Å²) in [6.07, 6.45) is 1.62. The van der Waals surface area contributed by atoms with E-state index in [9.17, 15) is 14.4 Å². The molecule has 0 atom stereocenters. The van der Waals surface area contributed by atoms with Crippen molar-refractivity contribution >= 4 is 45.7 Å². The van der Waals surface area contributed by atoms with Crippen LogP contribution in [-0.2, 0) is 4.79 Å². The molecule has 2 amide bonds. The highest BCUT2D eigenvalue weighted by atomic mass is 32.2. The number of esters is 1. The third-order valence-electron chi connectivity index (χ3n) is 6.49. The lowest BCUT2D eigenvalue weighted by Gasteiger charge is -2.14. The number of hydrogen-bond acceptors (Lipinski definition) is 7. The zero-order valence-corrected chi connectivity index (χ0v) is 23.1. The Labute approximate surface area is 236 Å². The van der Waals surface area contributed by atoms with Crippen LogP contribution in [0.4, 0.5) is 4.79 Å². The highest BCUT2D eigenvalue weighted by Crippen LogP contribution is 2.35. The van der Waals surface area contributed by atoms with E-state index in [4.69, 9.17) is 14.2 Å². The predicted molar refractivity (Wildman–Crippen MR) is 156 cm³/mol. The molecule has 1 aliphatic heterocycles. The average Bonchev–Trinajstić information content (AvgIpc) is 3.22. The van der Waals surface area contributed by atoms with Crippen molar-refractivity contribution in [2.24, 2.45) is 0 Å². The van der Waals surface area contributed by atoms with E-state index in [1.54, 1.807) is 30.3 Å². The van der Waals surface area contributed by atoms with Crippen molar-refractivity contribution in [1.82, 2.24) is 4.90 Å². The maximum atomic E-state index is 13.0. The second-order valence-electron chi connectivity index (χ2n) is 9.28. The number of aryl methyl sites for hydroxylation is 2. The molecule has 1 fully saturated rings. The quantitative estimate of drug-likeness (QED) is 0.135. The minimum Gasteiger partial charge on any atom is -0.493 e. The molecule has 0 unspecified atom stereocenters. The number of amides is 2. The number of hydrogen-bond donors (Lipinski definition) is 0. The summed E-state index contributed by atoms with van der Waals surface area (Å²) in [5.74, 6) is 0.408. The van der Waals surface area contributed by atoms with E-state index in [2.05, 4.69) is 0 Å². The molecule has 202 valence electrons. The van der Waals surface area contributed by atoms with Crippen molar-refractivity contribution in [3.8, 4) is 17.2 Å². The zero-order valence-electron chi connectivity index (χ0n) is 22.3. The van der Waals surface area contributed by atoms with Gasteiger partial charge in [-0.2, -0.15) is 0 Å². The molecular formula is C32H27NO6S. The van der Waals surface area contributed by atoms with Crippen molar-refractivity contribution in [2.75, 3.05) is 20.3 Å². The Bertz CT molecular complexity index is 1660. The van der Waals surface area contributed by atoms with Gasteiger partial charge >= 0.3 is 5.97 Å². The van der Waals surface area contributed by atoms with Gasteiger partial charge < -0.3 is 14.2 Å². The second-order valence-corrected chi connectivity index (χ2v) is 10.3. The Kier molecular flexibility index (Phi) is 7.89. The SMILES string of the molecule is COc1cc(/C=C2\SC(=O)N(CCOc3cc(C)ccc3C)C2=O)ccc1OC(=O)c1cccc2ccccc12. The molecule has 1 aliphatic rings. The van der Waals surface area contributed by atoms with Crippen LogP contribution in [0.2, 0.25) is 0 Å². The van der Waals surface area contributed by atoms with E-state index in [0.717, 1.165) is 39.4 Å². The summed E-state index contributed by atoms with van der Waals surface area (Å²) in [6, 6.07) is 23.9. The molecule has 40 heavy (non-hydrogen) atoms. The van der Waals surface area contributed by atoms with Gasteiger partial charge in [-0.15, -0.1) is 0 Å². The zero-order chi connectivity index (χ0) is 28.2. The van der Waals surface area contributed by atoms with E-state index in [1.807, 2.05) is 68.4 Å². The Morgan fingerprint density at radius 2 is 1.70 bits per heavy atom. The number of ether oxygens (including phenoxy) is 3. The van der Waals surface area contributed by atoms with Crippen LogP contribution in [0, 0.1) is 13.8 Å². The fraction of sp³-hybridized carbons (Fsp3) is 0.156. The third kappa shape index (κ3) is 5.72. The lowest BCUT2D eigenvalue weighted by molar-refractivity contribution is -0.123. The van der Waals surface area contributed by atoms with Gasteiger partial charge in [-0.25, -0.2) is 4.79 Å². The minimum absolute atomic E-state index is 0.141. The Balaban J connectivity index is 1.28. The average molecular weight is 554 g/mol. The van der Waals surface area contributed by atoms with Gasteiger partial charge in [0.1, 0.15) is 12.4 Å². The van der Waals surface area contributed by atoms with Crippen molar-refractivity contribution in [2.45, 2.75) is 13.8 Å². The van der Waals surface area contributed by atoms with Gasteiger partial charge in [-0.1, -0.05) is 54.6 Å². The van der Waals surface area contributed by atoms with Gasteiger partial charge in [-0.3, -0.25) is 14.5 Å². The fourth-order valence-electron chi connectivity index (χ4n) is 4.37. The predicted octanol–water partition coefficient (Wildman–Crippen LogP) is 6.80. The number of imide groups is 1. The Morgan fingerprint density at radius 3 is 2.52 bits per heavy atom. The third-order valence-corrected chi connectivity index (χ3v) is 7.39. The summed E-state index contributed by atoms with van der Waals surface area (Å²) in [7, 11) is 1.47. The monoisotopic (exact) mass is 553 g/mol. The molecule has 0 N–H and O–H groups in total. The van der Waals surface area contributed by atoms with Crippen molar-refractivity contribution < 1.29 is 28.6 Å². The van der Waals surface area contributed by atoms with Gasteiger partial charge in [0.05, 0.1) is 24.1 Å². The lowest BCUT2D eigenvalue weighted by Crippen LogP contribution is -2.32. The van der Waals surface area contributed by atoms with E-state index >= 15 is 0 Å². The molecule has 0 spiro atoms. The Hall–Kier alpha value is -4.56. The highest BCUT2D eigenvalue weighted by Gasteiger charge is 2.35. The van der Waals surface area contributed by atoms with Crippen molar-refractivity contribution in [1.29, 1.82) is 0 Å². The van der Waals surface area contributed by atoms with Gasteiger partial charge in [0, 0.05) is 0 Å². The molecule has 0 aliphatic carbocycles. The number of rotatable bonds is 8. The number of carbonyl (C=O) groups excluding carboxylic acids is 3. The van der Waals surface area contributed by atoms with Crippen LogP contribution in [0.5, 0.6) is 17.2 Å². The summed E-state index contributed by atoms with van der Waals surface area (Å²) >= 11 is 0.872. The van der Waals surface area contributed by atoms with Crippen LogP contribution in [0.1, 0.15) is 27.0 Å². The van der Waals surface area contributed by atoms with Crippen molar-refractivity contribution in [3.05, 3.63) is 106 Å². The topological polar surface area (TPSA) is 82.1 Å². The van der Waals surface area contributed by atoms with Gasteiger partial charge in [0.25, 0.3) is 11.1 Å². The van der Waals surface area contributed by atoms with E-state index in [0.29, 0.717) is 21.8 Å². The smallest absolute Gasteiger partial charge is 0.344 e. The lowest BCUT2D eigenvalue weighted by atomic mass is 10.0. The molecule has 4 aromatic rings. The van der Waals surface area contributed by atoms with E-state index < -0.39 is 5.97 Å². The van der Waals surface area contributed by atoms with E-state index in [1.165, 1.54) is 12.0 Å². The van der Waals surface area contributed by atoms with Gasteiger partial charge in [0.2, 0.25) is 0 Å². The molecule has 7 nitrogen and oxygen atoms in total. The molecule has 8 heteroatoms. The first-order chi connectivity index (χ1) is 19.3. The molecule has 0 radical (unpaired) electrons. The molecular weight excluding hydrogens is 526 g/mol. The van der Waals surface area contributed by atoms with Crippen LogP contribution >= 0.6 is 11.8 Å². The summed E-state index contributed by atoms with van der Waals surface area (Å²) in [5.41, 5.74) is 3.12. The maximum Gasteiger partial charge on any atom is 0.344 e.